The predicted octanol–water partition coefficient (Wildman–Crippen LogP) is 4.50. The fourth-order valence-corrected chi connectivity index (χ4v) is 3.91. The van der Waals surface area contributed by atoms with Gasteiger partial charge in [0.2, 0.25) is 5.91 Å². The fraction of sp³-hybridized carbons (Fsp3) is 0.136. The molecule has 29 heavy (non-hydrogen) atoms. The van der Waals surface area contributed by atoms with Crippen LogP contribution in [0.4, 0.5) is 10.8 Å². The van der Waals surface area contributed by atoms with Gasteiger partial charge < -0.3 is 9.47 Å². The van der Waals surface area contributed by atoms with E-state index in [0.717, 1.165) is 0 Å². The molecule has 0 N–H and O–H groups in total. The Kier molecular flexibility index (Phi) is 5.14. The van der Waals surface area contributed by atoms with Crippen molar-refractivity contribution in [3.8, 4) is 11.5 Å². The van der Waals surface area contributed by atoms with Crippen molar-refractivity contribution in [2.75, 3.05) is 18.6 Å². The monoisotopic (exact) mass is 406 g/mol. The molecule has 4 rings (SSSR count). The zero-order valence-corrected chi connectivity index (χ0v) is 16.7. The molecule has 0 saturated heterocycles. The molecule has 0 spiro atoms. The molecule has 0 fully saturated rings. The predicted molar refractivity (Wildman–Crippen MR) is 112 cm³/mol. The molecule has 0 saturated carbocycles. The quantitative estimate of drug-likeness (QED) is 0.597. The van der Waals surface area contributed by atoms with Gasteiger partial charge in [0.15, 0.2) is 10.9 Å². The zero-order valence-electron chi connectivity index (χ0n) is 15.9. The second-order valence-corrected chi connectivity index (χ2v) is 7.23. The van der Waals surface area contributed by atoms with E-state index in [1.54, 1.807) is 49.6 Å². The number of hydrogen-bond acceptors (Lipinski definition) is 6. The number of carbonyl (C=O) groups excluding carboxylic acids is 2. The Morgan fingerprint density at radius 3 is 2.69 bits per heavy atom. The van der Waals surface area contributed by atoms with Crippen LogP contribution in [-0.4, -0.2) is 30.4 Å². The molecule has 2 heterocycles. The number of methoxy groups -OCH3 is 1. The van der Waals surface area contributed by atoms with E-state index in [2.05, 4.69) is 4.98 Å². The Morgan fingerprint density at radius 2 is 1.97 bits per heavy atom. The summed E-state index contributed by atoms with van der Waals surface area (Å²) in [7, 11) is 1.59. The minimum atomic E-state index is -0.158. The normalized spacial score (nSPS) is 14.3. The van der Waals surface area contributed by atoms with Crippen LogP contribution in [0.25, 0.3) is 6.08 Å². The lowest BCUT2D eigenvalue weighted by Gasteiger charge is -2.18. The van der Waals surface area contributed by atoms with Gasteiger partial charge in [-0.05, 0) is 42.5 Å². The minimum absolute atomic E-state index is 0.0695. The highest BCUT2D eigenvalue weighted by Gasteiger charge is 2.23. The number of aromatic nitrogens is 1. The number of ketones is 1. The van der Waals surface area contributed by atoms with Crippen molar-refractivity contribution in [3.05, 3.63) is 70.7 Å². The molecule has 2 aromatic carbocycles. The summed E-state index contributed by atoms with van der Waals surface area (Å²) in [6.45, 7) is 1.68. The highest BCUT2D eigenvalue weighted by molar-refractivity contribution is 7.14. The van der Waals surface area contributed by atoms with Crippen LogP contribution in [-0.2, 0) is 4.79 Å². The maximum absolute atomic E-state index is 12.7. The second-order valence-electron chi connectivity index (χ2n) is 6.39. The van der Waals surface area contributed by atoms with Gasteiger partial charge >= 0.3 is 0 Å². The maximum atomic E-state index is 12.7. The Bertz CT molecular complexity index is 1100. The highest BCUT2D eigenvalue weighted by atomic mass is 32.1. The molecule has 6 nitrogen and oxygen atoms in total. The van der Waals surface area contributed by atoms with E-state index in [0.29, 0.717) is 39.1 Å². The number of fused-ring (bicyclic) bond motifs is 1. The number of rotatable bonds is 4. The van der Waals surface area contributed by atoms with E-state index in [1.807, 2.05) is 17.5 Å². The maximum Gasteiger partial charge on any atom is 0.230 e. The van der Waals surface area contributed by atoms with Crippen LogP contribution >= 0.6 is 11.3 Å². The summed E-state index contributed by atoms with van der Waals surface area (Å²) < 4.78 is 10.8. The Labute approximate surface area is 172 Å². The van der Waals surface area contributed by atoms with Gasteiger partial charge in [-0.25, -0.2) is 4.98 Å². The van der Waals surface area contributed by atoms with Gasteiger partial charge in [-0.2, -0.15) is 0 Å². The van der Waals surface area contributed by atoms with Crippen LogP contribution < -0.4 is 14.4 Å². The number of thiazole rings is 1. The standard InChI is InChI=1S/C22H18N2O4S/c1-14(25)24(17-7-9-18(27-2)10-8-17)22-23-16(13-29-22)11-15-12-28-20-6-4-3-5-19(20)21(15)26/h3-11,13H,12H2,1-2H3/b15-11-. The molecule has 1 aliphatic heterocycles. The van der Waals surface area contributed by atoms with Gasteiger partial charge in [-0.1, -0.05) is 12.1 Å². The first kappa shape index (κ1) is 18.9. The summed E-state index contributed by atoms with van der Waals surface area (Å²) in [5.41, 5.74) is 2.37. The Balaban J connectivity index is 1.62. The van der Waals surface area contributed by atoms with Gasteiger partial charge in [-0.3, -0.25) is 14.5 Å². The SMILES string of the molecule is COc1ccc(N(C(C)=O)c2nc(/C=C3/COc4ccccc4C3=O)cs2)cc1. The summed E-state index contributed by atoms with van der Waals surface area (Å²) in [4.78, 5) is 31.0. The van der Waals surface area contributed by atoms with Crippen LogP contribution in [0.5, 0.6) is 11.5 Å². The van der Waals surface area contributed by atoms with Crippen molar-refractivity contribution < 1.29 is 19.1 Å². The Morgan fingerprint density at radius 1 is 1.21 bits per heavy atom. The number of para-hydroxylation sites is 1. The van der Waals surface area contributed by atoms with E-state index in [4.69, 9.17) is 9.47 Å². The van der Waals surface area contributed by atoms with Crippen molar-refractivity contribution >= 4 is 39.9 Å². The summed E-state index contributed by atoms with van der Waals surface area (Å²) in [6, 6.07) is 14.4. The number of nitrogens with zero attached hydrogens (tertiary/aromatic N) is 2. The molecule has 0 aliphatic carbocycles. The molecule has 3 aromatic rings. The van der Waals surface area contributed by atoms with Crippen molar-refractivity contribution in [3.63, 3.8) is 0 Å². The average Bonchev–Trinajstić information content (AvgIpc) is 3.18. The third-order valence-electron chi connectivity index (χ3n) is 4.48. The van der Waals surface area contributed by atoms with Crippen LogP contribution in [0, 0.1) is 0 Å². The van der Waals surface area contributed by atoms with Crippen LogP contribution in [0.3, 0.4) is 0 Å². The van der Waals surface area contributed by atoms with Crippen LogP contribution in [0.15, 0.2) is 59.5 Å². The highest BCUT2D eigenvalue weighted by Crippen LogP contribution is 2.32. The van der Waals surface area contributed by atoms with E-state index in [-0.39, 0.29) is 18.3 Å². The summed E-state index contributed by atoms with van der Waals surface area (Å²) in [5, 5.41) is 2.34. The summed E-state index contributed by atoms with van der Waals surface area (Å²) >= 11 is 1.33. The van der Waals surface area contributed by atoms with Gasteiger partial charge in [0.1, 0.15) is 18.1 Å². The van der Waals surface area contributed by atoms with E-state index in [9.17, 15) is 9.59 Å². The fourth-order valence-electron chi connectivity index (χ4n) is 3.06. The third kappa shape index (κ3) is 3.77. The molecule has 146 valence electrons. The lowest BCUT2D eigenvalue weighted by Crippen LogP contribution is -2.22. The van der Waals surface area contributed by atoms with Crippen LogP contribution in [0.2, 0.25) is 0 Å². The number of amides is 1. The van der Waals surface area contributed by atoms with Crippen LogP contribution in [0.1, 0.15) is 23.0 Å². The van der Waals surface area contributed by atoms with E-state index in [1.165, 1.54) is 23.2 Å². The topological polar surface area (TPSA) is 68.7 Å². The lowest BCUT2D eigenvalue weighted by molar-refractivity contribution is -0.115. The molecule has 0 atom stereocenters. The van der Waals surface area contributed by atoms with Crippen molar-refractivity contribution in [2.24, 2.45) is 0 Å². The third-order valence-corrected chi connectivity index (χ3v) is 5.32. The molecule has 1 aliphatic rings. The average molecular weight is 406 g/mol. The van der Waals surface area contributed by atoms with E-state index >= 15 is 0 Å². The molecule has 0 radical (unpaired) electrons. The number of ether oxygens (including phenoxy) is 2. The number of anilines is 2. The zero-order chi connectivity index (χ0) is 20.4. The Hall–Kier alpha value is -3.45. The van der Waals surface area contributed by atoms with Crippen molar-refractivity contribution in [1.82, 2.24) is 4.98 Å². The smallest absolute Gasteiger partial charge is 0.230 e. The van der Waals surface area contributed by atoms with E-state index < -0.39 is 0 Å². The molecular weight excluding hydrogens is 388 g/mol. The largest absolute Gasteiger partial charge is 0.497 e. The molecule has 1 amide bonds. The first-order valence-corrected chi connectivity index (χ1v) is 9.82. The van der Waals surface area contributed by atoms with Crippen molar-refractivity contribution in [2.45, 2.75) is 6.92 Å². The molecule has 7 heteroatoms. The minimum Gasteiger partial charge on any atom is -0.497 e. The number of Topliss-reactive ketones (excluding diaryl/α,β-unsaturated/α-hetero) is 1. The molecule has 0 bridgehead atoms. The second kappa shape index (κ2) is 7.89. The molecule has 1 aromatic heterocycles. The molecular formula is C22H18N2O4S. The first-order valence-electron chi connectivity index (χ1n) is 8.94. The van der Waals surface area contributed by atoms with Gasteiger partial charge in [0, 0.05) is 17.9 Å². The van der Waals surface area contributed by atoms with Gasteiger partial charge in [-0.15, -0.1) is 11.3 Å². The van der Waals surface area contributed by atoms with Gasteiger partial charge in [0.25, 0.3) is 0 Å². The first-order chi connectivity index (χ1) is 14.1. The summed E-state index contributed by atoms with van der Waals surface area (Å²) in [6.07, 6.45) is 1.71. The number of benzene rings is 2. The summed E-state index contributed by atoms with van der Waals surface area (Å²) in [5.74, 6) is 1.07. The number of carbonyl (C=O) groups is 2. The number of hydrogen-bond donors (Lipinski definition) is 0. The van der Waals surface area contributed by atoms with Gasteiger partial charge in [0.05, 0.1) is 24.1 Å². The molecule has 0 unspecified atom stereocenters. The lowest BCUT2D eigenvalue weighted by atomic mass is 10.00. The van der Waals surface area contributed by atoms with Crippen molar-refractivity contribution in [1.29, 1.82) is 0 Å².